The summed E-state index contributed by atoms with van der Waals surface area (Å²) < 4.78 is 16.4. The lowest BCUT2D eigenvalue weighted by molar-refractivity contribution is 0.322. The van der Waals surface area contributed by atoms with Gasteiger partial charge in [-0.3, -0.25) is 4.99 Å². The second-order valence-electron chi connectivity index (χ2n) is 7.17. The summed E-state index contributed by atoms with van der Waals surface area (Å²) in [5.74, 6) is 2.75. The number of hydrogen-bond donors (Lipinski definition) is 2. The van der Waals surface area contributed by atoms with Gasteiger partial charge < -0.3 is 24.8 Å². The van der Waals surface area contributed by atoms with Crippen molar-refractivity contribution in [2.75, 3.05) is 34.9 Å². The minimum absolute atomic E-state index is 0. The number of hydrogen-bond acceptors (Lipinski definition) is 4. The molecule has 0 aromatic heterocycles. The minimum atomic E-state index is 0. The Hall–Kier alpha value is -2.94. The molecule has 0 bridgehead atoms. The number of nitrogens with zero attached hydrogens (tertiary/aromatic N) is 1. The van der Waals surface area contributed by atoms with Crippen molar-refractivity contribution in [1.82, 2.24) is 10.6 Å². The molecular formula is C26H32IN3O3. The van der Waals surface area contributed by atoms with Crippen molar-refractivity contribution >= 4 is 29.9 Å². The summed E-state index contributed by atoms with van der Waals surface area (Å²) in [6.07, 6.45) is 0. The van der Waals surface area contributed by atoms with E-state index in [4.69, 9.17) is 14.2 Å². The highest BCUT2D eigenvalue weighted by Gasteiger charge is 2.17. The average molecular weight is 561 g/mol. The molecule has 0 atom stereocenters. The predicted molar refractivity (Wildman–Crippen MR) is 144 cm³/mol. The van der Waals surface area contributed by atoms with Crippen LogP contribution in [0.2, 0.25) is 0 Å². The van der Waals surface area contributed by atoms with Crippen LogP contribution >= 0.6 is 24.0 Å². The number of nitrogens with one attached hydrogen (secondary N) is 2. The van der Waals surface area contributed by atoms with Gasteiger partial charge in [-0.05, 0) is 23.3 Å². The van der Waals surface area contributed by atoms with Gasteiger partial charge in [-0.15, -0.1) is 24.0 Å². The predicted octanol–water partition coefficient (Wildman–Crippen LogP) is 4.83. The molecule has 3 aromatic rings. The Kier molecular flexibility index (Phi) is 10.8. The third kappa shape index (κ3) is 6.77. The molecule has 3 aromatic carbocycles. The number of benzene rings is 3. The fraction of sp³-hybridized carbons (Fsp3) is 0.269. The van der Waals surface area contributed by atoms with Gasteiger partial charge in [0.15, 0.2) is 17.5 Å². The highest BCUT2D eigenvalue weighted by molar-refractivity contribution is 14.0. The maximum Gasteiger partial charge on any atom is 0.203 e. The SMILES string of the molecule is CN=C(NCc1ccc(OC)c(OC)c1OC)NCC(c1ccccc1)c1ccccc1.I. The molecule has 176 valence electrons. The van der Waals surface area contributed by atoms with E-state index in [1.807, 2.05) is 24.3 Å². The first kappa shape index (κ1) is 26.3. The van der Waals surface area contributed by atoms with Crippen LogP contribution in [0, 0.1) is 0 Å². The van der Waals surface area contributed by atoms with Crippen molar-refractivity contribution in [3.05, 3.63) is 89.5 Å². The van der Waals surface area contributed by atoms with E-state index in [0.29, 0.717) is 36.3 Å². The van der Waals surface area contributed by atoms with Crippen LogP contribution < -0.4 is 24.8 Å². The quantitative estimate of drug-likeness (QED) is 0.223. The molecule has 7 heteroatoms. The molecule has 3 rings (SSSR count). The van der Waals surface area contributed by atoms with Crippen molar-refractivity contribution in [2.45, 2.75) is 12.5 Å². The molecule has 2 N–H and O–H groups in total. The third-order valence-corrected chi connectivity index (χ3v) is 5.33. The number of guanidine groups is 1. The third-order valence-electron chi connectivity index (χ3n) is 5.33. The summed E-state index contributed by atoms with van der Waals surface area (Å²) in [4.78, 5) is 4.39. The molecule has 0 saturated carbocycles. The standard InChI is InChI=1S/C26H31N3O3.HI/c1-27-26(28-17-21-15-16-23(30-2)25(32-4)24(21)31-3)29-18-22(19-11-7-5-8-12-19)20-13-9-6-10-14-20;/h5-16,22H,17-18H2,1-4H3,(H2,27,28,29);1H. The molecule has 0 spiro atoms. The zero-order chi connectivity index (χ0) is 22.8. The first-order valence-corrected chi connectivity index (χ1v) is 10.5. The van der Waals surface area contributed by atoms with Crippen LogP contribution in [0.5, 0.6) is 17.2 Å². The Labute approximate surface area is 213 Å². The van der Waals surface area contributed by atoms with Gasteiger partial charge in [-0.25, -0.2) is 0 Å². The highest BCUT2D eigenvalue weighted by atomic mass is 127. The summed E-state index contributed by atoms with van der Waals surface area (Å²) in [6, 6.07) is 24.8. The van der Waals surface area contributed by atoms with E-state index in [1.165, 1.54) is 11.1 Å². The summed E-state index contributed by atoms with van der Waals surface area (Å²) in [7, 11) is 6.60. The number of ether oxygens (including phenoxy) is 3. The van der Waals surface area contributed by atoms with E-state index in [1.54, 1.807) is 28.4 Å². The topological polar surface area (TPSA) is 64.1 Å². The molecule has 0 fully saturated rings. The molecule has 0 aliphatic heterocycles. The van der Waals surface area contributed by atoms with Crippen LogP contribution in [0.25, 0.3) is 0 Å². The van der Waals surface area contributed by atoms with Gasteiger partial charge in [0, 0.05) is 31.6 Å². The molecule has 0 saturated heterocycles. The second kappa shape index (κ2) is 13.6. The maximum atomic E-state index is 5.58. The van der Waals surface area contributed by atoms with Crippen LogP contribution in [0.4, 0.5) is 0 Å². The van der Waals surface area contributed by atoms with Gasteiger partial charge in [-0.1, -0.05) is 60.7 Å². The lowest BCUT2D eigenvalue weighted by Gasteiger charge is -2.21. The van der Waals surface area contributed by atoms with E-state index >= 15 is 0 Å². The Bertz CT molecular complexity index is 975. The Morgan fingerprint density at radius 3 is 1.82 bits per heavy atom. The second-order valence-corrected chi connectivity index (χ2v) is 7.17. The van der Waals surface area contributed by atoms with Gasteiger partial charge >= 0.3 is 0 Å². The van der Waals surface area contributed by atoms with Crippen LogP contribution in [0.1, 0.15) is 22.6 Å². The van der Waals surface area contributed by atoms with Gasteiger partial charge in [0.1, 0.15) is 0 Å². The minimum Gasteiger partial charge on any atom is -0.493 e. The van der Waals surface area contributed by atoms with Crippen molar-refractivity contribution in [1.29, 1.82) is 0 Å². The lowest BCUT2D eigenvalue weighted by atomic mass is 9.91. The fourth-order valence-corrected chi connectivity index (χ4v) is 3.70. The Morgan fingerprint density at radius 2 is 1.33 bits per heavy atom. The number of aliphatic imine (C=N–C) groups is 1. The first-order chi connectivity index (χ1) is 15.7. The molecular weight excluding hydrogens is 529 g/mol. The summed E-state index contributed by atoms with van der Waals surface area (Å²) >= 11 is 0. The molecule has 0 unspecified atom stereocenters. The van der Waals surface area contributed by atoms with Crippen LogP contribution in [0.3, 0.4) is 0 Å². The van der Waals surface area contributed by atoms with Crippen molar-refractivity contribution in [2.24, 2.45) is 4.99 Å². The molecule has 0 heterocycles. The van der Waals surface area contributed by atoms with Crippen LogP contribution in [0.15, 0.2) is 77.8 Å². The maximum absolute atomic E-state index is 5.58. The molecule has 0 aliphatic carbocycles. The van der Waals surface area contributed by atoms with Crippen molar-refractivity contribution < 1.29 is 14.2 Å². The zero-order valence-corrected chi connectivity index (χ0v) is 21.8. The fourth-order valence-electron chi connectivity index (χ4n) is 3.70. The Balaban J connectivity index is 0.00000385. The highest BCUT2D eigenvalue weighted by Crippen LogP contribution is 2.39. The monoisotopic (exact) mass is 561 g/mol. The van der Waals surface area contributed by atoms with Gasteiger partial charge in [0.2, 0.25) is 5.75 Å². The Morgan fingerprint density at radius 1 is 0.758 bits per heavy atom. The first-order valence-electron chi connectivity index (χ1n) is 10.5. The lowest BCUT2D eigenvalue weighted by Crippen LogP contribution is -2.39. The van der Waals surface area contributed by atoms with E-state index in [9.17, 15) is 0 Å². The number of halogens is 1. The van der Waals surface area contributed by atoms with Gasteiger partial charge in [-0.2, -0.15) is 0 Å². The van der Waals surface area contributed by atoms with E-state index in [2.05, 4.69) is 64.2 Å². The van der Waals surface area contributed by atoms with E-state index < -0.39 is 0 Å². The van der Waals surface area contributed by atoms with E-state index in [0.717, 1.165) is 5.56 Å². The molecule has 6 nitrogen and oxygen atoms in total. The van der Waals surface area contributed by atoms with Crippen molar-refractivity contribution in [3.63, 3.8) is 0 Å². The van der Waals surface area contributed by atoms with Gasteiger partial charge in [0.25, 0.3) is 0 Å². The van der Waals surface area contributed by atoms with Crippen molar-refractivity contribution in [3.8, 4) is 17.2 Å². The molecule has 0 radical (unpaired) electrons. The average Bonchev–Trinajstić information content (AvgIpc) is 2.86. The zero-order valence-electron chi connectivity index (χ0n) is 19.5. The summed E-state index contributed by atoms with van der Waals surface area (Å²) in [5, 5.41) is 6.84. The van der Waals surface area contributed by atoms with E-state index in [-0.39, 0.29) is 29.9 Å². The largest absolute Gasteiger partial charge is 0.493 e. The number of methoxy groups -OCH3 is 3. The van der Waals surface area contributed by atoms with Gasteiger partial charge in [0.05, 0.1) is 21.3 Å². The normalized spacial score (nSPS) is 10.9. The molecule has 0 aliphatic rings. The molecule has 0 amide bonds. The van der Waals surface area contributed by atoms with Crippen LogP contribution in [-0.4, -0.2) is 40.9 Å². The number of rotatable bonds is 9. The van der Waals surface area contributed by atoms with Crippen LogP contribution in [-0.2, 0) is 6.54 Å². The molecule has 33 heavy (non-hydrogen) atoms. The summed E-state index contributed by atoms with van der Waals surface area (Å²) in [6.45, 7) is 1.22. The smallest absolute Gasteiger partial charge is 0.203 e. The summed E-state index contributed by atoms with van der Waals surface area (Å²) in [5.41, 5.74) is 3.45.